The van der Waals surface area contributed by atoms with Crippen LogP contribution in [0.5, 0.6) is 0 Å². The molecule has 7 rings (SSSR count). The number of pyridine rings is 1. The zero-order chi connectivity index (χ0) is 23.3. The standard InChI is InChI=1S/C28H28ClN3O2/c29-24-13-20(28-14-17-10-18(15-28)12-19(11-17)16-28)3-8-25(24)31-21-4-6-22(7-5-21)32-26-23(27(33)34)2-1-9-30-26/h1-9,13,17-19,31H,10-12,14-16H2,(H,30,32)(H,33,34). The van der Waals surface area contributed by atoms with Crippen LogP contribution in [0.1, 0.15) is 54.4 Å². The van der Waals surface area contributed by atoms with Crippen molar-refractivity contribution >= 4 is 40.5 Å². The monoisotopic (exact) mass is 473 g/mol. The molecule has 6 heteroatoms. The molecule has 5 nitrogen and oxygen atoms in total. The van der Waals surface area contributed by atoms with E-state index in [0.29, 0.717) is 11.2 Å². The number of benzene rings is 2. The van der Waals surface area contributed by atoms with Gasteiger partial charge in [-0.15, -0.1) is 0 Å². The Morgan fingerprint density at radius 2 is 1.53 bits per heavy atom. The highest BCUT2D eigenvalue weighted by Gasteiger charge is 2.51. The fourth-order valence-corrected chi connectivity index (χ4v) is 7.24. The molecule has 174 valence electrons. The first-order chi connectivity index (χ1) is 16.5. The summed E-state index contributed by atoms with van der Waals surface area (Å²) in [6.07, 6.45) is 9.88. The van der Waals surface area contributed by atoms with Crippen molar-refractivity contribution in [1.82, 2.24) is 4.98 Å². The summed E-state index contributed by atoms with van der Waals surface area (Å²) in [5.74, 6) is 2.03. The number of carboxylic acids is 1. The van der Waals surface area contributed by atoms with Crippen molar-refractivity contribution in [1.29, 1.82) is 0 Å². The predicted molar refractivity (Wildman–Crippen MR) is 136 cm³/mol. The van der Waals surface area contributed by atoms with Crippen LogP contribution in [0, 0.1) is 17.8 Å². The average molecular weight is 474 g/mol. The Morgan fingerprint density at radius 1 is 0.912 bits per heavy atom. The molecule has 4 aliphatic rings. The molecule has 0 radical (unpaired) electrons. The van der Waals surface area contributed by atoms with Gasteiger partial charge in [0.05, 0.1) is 10.7 Å². The van der Waals surface area contributed by atoms with Crippen molar-refractivity contribution in [3.05, 3.63) is 76.9 Å². The largest absolute Gasteiger partial charge is 0.478 e. The van der Waals surface area contributed by atoms with Gasteiger partial charge in [0.2, 0.25) is 0 Å². The minimum atomic E-state index is -1.01. The molecule has 0 aliphatic heterocycles. The Labute approximate surface area is 204 Å². The molecule has 4 aliphatic carbocycles. The van der Waals surface area contributed by atoms with Gasteiger partial charge in [-0.25, -0.2) is 9.78 Å². The van der Waals surface area contributed by atoms with Gasteiger partial charge in [0, 0.05) is 17.6 Å². The zero-order valence-electron chi connectivity index (χ0n) is 18.9. The maximum atomic E-state index is 11.4. The Bertz CT molecular complexity index is 1210. The number of aromatic carboxylic acids is 1. The second-order valence-corrected chi connectivity index (χ2v) is 10.8. The van der Waals surface area contributed by atoms with Crippen molar-refractivity contribution in [2.75, 3.05) is 10.6 Å². The molecule has 0 amide bonds. The molecule has 0 spiro atoms. The number of nitrogens with one attached hydrogen (secondary N) is 2. The molecule has 3 aromatic rings. The van der Waals surface area contributed by atoms with Gasteiger partial charge in [-0.05, 0) is 116 Å². The smallest absolute Gasteiger partial charge is 0.339 e. The number of hydrogen-bond donors (Lipinski definition) is 3. The van der Waals surface area contributed by atoms with E-state index >= 15 is 0 Å². The van der Waals surface area contributed by atoms with Crippen molar-refractivity contribution in [2.24, 2.45) is 17.8 Å². The van der Waals surface area contributed by atoms with Gasteiger partial charge in [0.15, 0.2) is 0 Å². The van der Waals surface area contributed by atoms with Gasteiger partial charge < -0.3 is 15.7 Å². The normalized spacial score (nSPS) is 26.9. The van der Waals surface area contributed by atoms with Crippen LogP contribution in [0.3, 0.4) is 0 Å². The van der Waals surface area contributed by atoms with E-state index in [1.165, 1.54) is 50.2 Å². The molecule has 0 unspecified atom stereocenters. The SMILES string of the molecule is O=C(O)c1cccnc1Nc1ccc(Nc2ccc(C34CC5CC(CC(C5)C3)C4)cc2Cl)cc1. The summed E-state index contributed by atoms with van der Waals surface area (Å²) < 4.78 is 0. The van der Waals surface area contributed by atoms with Gasteiger partial charge >= 0.3 is 5.97 Å². The van der Waals surface area contributed by atoms with Crippen molar-refractivity contribution < 1.29 is 9.90 Å². The third-order valence-electron chi connectivity index (χ3n) is 8.08. The fraction of sp³-hybridized carbons (Fsp3) is 0.357. The van der Waals surface area contributed by atoms with E-state index in [2.05, 4.69) is 33.8 Å². The number of hydrogen-bond acceptors (Lipinski definition) is 4. The Kier molecular flexibility index (Phi) is 5.25. The van der Waals surface area contributed by atoms with Crippen molar-refractivity contribution in [2.45, 2.75) is 43.9 Å². The number of carboxylic acid groups (broad SMARTS) is 1. The first kappa shape index (κ1) is 21.5. The van der Waals surface area contributed by atoms with E-state index in [4.69, 9.17) is 11.6 Å². The number of anilines is 4. The lowest BCUT2D eigenvalue weighted by Gasteiger charge is -2.57. The molecule has 4 fully saturated rings. The summed E-state index contributed by atoms with van der Waals surface area (Å²) in [6, 6.07) is 17.4. The lowest BCUT2D eigenvalue weighted by atomic mass is 9.48. The number of aromatic nitrogens is 1. The van der Waals surface area contributed by atoms with E-state index < -0.39 is 5.97 Å². The first-order valence-electron chi connectivity index (χ1n) is 12.1. The average Bonchev–Trinajstić information content (AvgIpc) is 2.81. The summed E-state index contributed by atoms with van der Waals surface area (Å²) in [5.41, 5.74) is 4.46. The zero-order valence-corrected chi connectivity index (χ0v) is 19.7. The summed E-state index contributed by atoms with van der Waals surface area (Å²) in [6.45, 7) is 0. The Balaban J connectivity index is 1.17. The minimum Gasteiger partial charge on any atom is -0.478 e. The molecule has 0 saturated heterocycles. The highest BCUT2D eigenvalue weighted by molar-refractivity contribution is 6.33. The fourth-order valence-electron chi connectivity index (χ4n) is 7.02. The molecular formula is C28H28ClN3O2. The van der Waals surface area contributed by atoms with Crippen LogP contribution in [-0.2, 0) is 5.41 Å². The van der Waals surface area contributed by atoms with E-state index in [1.54, 1.807) is 12.3 Å². The second kappa shape index (κ2) is 8.31. The molecule has 4 saturated carbocycles. The van der Waals surface area contributed by atoms with Gasteiger partial charge in [0.1, 0.15) is 11.4 Å². The summed E-state index contributed by atoms with van der Waals surface area (Å²) in [7, 11) is 0. The Hall–Kier alpha value is -3.05. The van der Waals surface area contributed by atoms with Crippen LogP contribution in [0.4, 0.5) is 22.9 Å². The molecule has 2 aromatic carbocycles. The van der Waals surface area contributed by atoms with Crippen LogP contribution in [0.2, 0.25) is 5.02 Å². The van der Waals surface area contributed by atoms with Crippen LogP contribution < -0.4 is 10.6 Å². The quantitative estimate of drug-likeness (QED) is 0.348. The number of nitrogens with zero attached hydrogens (tertiary/aromatic N) is 1. The molecule has 3 N–H and O–H groups in total. The van der Waals surface area contributed by atoms with E-state index in [1.807, 2.05) is 24.3 Å². The Morgan fingerprint density at radius 3 is 2.12 bits per heavy atom. The van der Waals surface area contributed by atoms with Gasteiger partial charge in [0.25, 0.3) is 0 Å². The molecular weight excluding hydrogens is 446 g/mol. The number of halogens is 1. The minimum absolute atomic E-state index is 0.135. The van der Waals surface area contributed by atoms with E-state index in [0.717, 1.165) is 39.8 Å². The third kappa shape index (κ3) is 3.92. The van der Waals surface area contributed by atoms with Crippen LogP contribution in [0.25, 0.3) is 0 Å². The predicted octanol–water partition coefficient (Wildman–Crippen LogP) is 7.39. The summed E-state index contributed by atoms with van der Waals surface area (Å²) in [5, 5.41) is 16.6. The number of rotatable bonds is 6. The van der Waals surface area contributed by atoms with E-state index in [-0.39, 0.29) is 5.56 Å². The second-order valence-electron chi connectivity index (χ2n) is 10.4. The van der Waals surface area contributed by atoms with Crippen LogP contribution >= 0.6 is 11.6 Å². The maximum Gasteiger partial charge on any atom is 0.339 e. The maximum absolute atomic E-state index is 11.4. The van der Waals surface area contributed by atoms with Gasteiger partial charge in [-0.3, -0.25) is 0 Å². The van der Waals surface area contributed by atoms with E-state index in [9.17, 15) is 9.90 Å². The highest BCUT2D eigenvalue weighted by atomic mass is 35.5. The van der Waals surface area contributed by atoms with Gasteiger partial charge in [-0.1, -0.05) is 17.7 Å². The van der Waals surface area contributed by atoms with Gasteiger partial charge in [-0.2, -0.15) is 0 Å². The van der Waals surface area contributed by atoms with Crippen LogP contribution in [-0.4, -0.2) is 16.1 Å². The molecule has 34 heavy (non-hydrogen) atoms. The first-order valence-corrected chi connectivity index (χ1v) is 12.5. The molecule has 1 heterocycles. The van der Waals surface area contributed by atoms with Crippen LogP contribution in [0.15, 0.2) is 60.8 Å². The number of carbonyl (C=O) groups is 1. The summed E-state index contributed by atoms with van der Waals surface area (Å²) in [4.78, 5) is 15.5. The lowest BCUT2D eigenvalue weighted by molar-refractivity contribution is -0.00518. The third-order valence-corrected chi connectivity index (χ3v) is 8.40. The lowest BCUT2D eigenvalue weighted by Crippen LogP contribution is -2.48. The topological polar surface area (TPSA) is 74.2 Å². The molecule has 1 aromatic heterocycles. The van der Waals surface area contributed by atoms with Crippen molar-refractivity contribution in [3.8, 4) is 0 Å². The summed E-state index contributed by atoms with van der Waals surface area (Å²) >= 11 is 6.77. The molecule has 4 bridgehead atoms. The van der Waals surface area contributed by atoms with Crippen molar-refractivity contribution in [3.63, 3.8) is 0 Å². The molecule has 0 atom stereocenters. The highest BCUT2D eigenvalue weighted by Crippen LogP contribution is 2.61.